The van der Waals surface area contributed by atoms with Crippen molar-refractivity contribution in [1.29, 1.82) is 0 Å². The van der Waals surface area contributed by atoms with Gasteiger partial charge in [0.15, 0.2) is 0 Å². The number of carbonyl (C=O) groups is 1. The molecule has 1 unspecified atom stereocenters. The molecule has 0 aliphatic rings. The van der Waals surface area contributed by atoms with E-state index >= 15 is 0 Å². The molecule has 1 rings (SSSR count). The van der Waals surface area contributed by atoms with E-state index in [-0.39, 0.29) is 23.5 Å². The van der Waals surface area contributed by atoms with Gasteiger partial charge in [-0.05, 0) is 13.3 Å². The van der Waals surface area contributed by atoms with Crippen molar-refractivity contribution >= 4 is 11.7 Å². The molecule has 5 heteroatoms. The van der Waals surface area contributed by atoms with Crippen LogP contribution >= 0.6 is 0 Å². The van der Waals surface area contributed by atoms with Gasteiger partial charge in [0, 0.05) is 6.04 Å². The highest BCUT2D eigenvalue weighted by molar-refractivity contribution is 5.92. The zero-order valence-electron chi connectivity index (χ0n) is 11.1. The number of hydrogen-bond acceptors (Lipinski definition) is 4. The molecule has 0 radical (unpaired) electrons. The lowest BCUT2D eigenvalue weighted by Crippen LogP contribution is -2.33. The first-order valence-electron chi connectivity index (χ1n) is 6.52. The van der Waals surface area contributed by atoms with Crippen LogP contribution in [-0.4, -0.2) is 21.9 Å². The van der Waals surface area contributed by atoms with Crippen LogP contribution in [0.1, 0.15) is 56.4 Å². The Bertz CT molecular complexity index is 381. The van der Waals surface area contributed by atoms with Crippen LogP contribution < -0.4 is 11.1 Å². The number of hydrogen-bond donors (Lipinski definition) is 2. The number of nitrogens with two attached hydrogens (primary N) is 1. The van der Waals surface area contributed by atoms with Gasteiger partial charge in [-0.1, -0.05) is 32.6 Å². The second-order valence-electron chi connectivity index (χ2n) is 4.55. The molecule has 3 N–H and O–H groups in total. The average Bonchev–Trinajstić information content (AvgIpc) is 2.34. The first kappa shape index (κ1) is 14.4. The van der Waals surface area contributed by atoms with Crippen molar-refractivity contribution in [3.8, 4) is 0 Å². The Morgan fingerprint density at radius 1 is 1.39 bits per heavy atom. The minimum atomic E-state index is -0.210. The number of rotatable bonds is 7. The van der Waals surface area contributed by atoms with Crippen molar-refractivity contribution in [2.24, 2.45) is 0 Å². The monoisotopic (exact) mass is 250 g/mol. The molecule has 1 amide bonds. The Morgan fingerprint density at radius 2 is 2.17 bits per heavy atom. The summed E-state index contributed by atoms with van der Waals surface area (Å²) in [5, 5.41) is 2.90. The summed E-state index contributed by atoms with van der Waals surface area (Å²) >= 11 is 0. The van der Waals surface area contributed by atoms with Gasteiger partial charge in [0.25, 0.3) is 5.91 Å². The average molecular weight is 250 g/mol. The van der Waals surface area contributed by atoms with Crippen molar-refractivity contribution in [3.63, 3.8) is 0 Å². The fraction of sp³-hybridized carbons (Fsp3) is 0.615. The van der Waals surface area contributed by atoms with Gasteiger partial charge in [0.2, 0.25) is 0 Å². The van der Waals surface area contributed by atoms with Gasteiger partial charge in [0.1, 0.15) is 11.5 Å². The fourth-order valence-corrected chi connectivity index (χ4v) is 1.74. The summed E-state index contributed by atoms with van der Waals surface area (Å²) in [6, 6.07) is 0.151. The zero-order valence-corrected chi connectivity index (χ0v) is 11.1. The summed E-state index contributed by atoms with van der Waals surface area (Å²) in [5.41, 5.74) is 5.76. The number of carbonyl (C=O) groups excluding carboxylic acids is 1. The minimum absolute atomic E-state index is 0.151. The Kier molecular flexibility index (Phi) is 6.11. The lowest BCUT2D eigenvalue weighted by molar-refractivity contribution is 0.0932. The van der Waals surface area contributed by atoms with Crippen molar-refractivity contribution in [1.82, 2.24) is 15.3 Å². The molecule has 0 fully saturated rings. The molecule has 1 aromatic rings. The van der Waals surface area contributed by atoms with E-state index in [1.807, 2.05) is 6.92 Å². The summed E-state index contributed by atoms with van der Waals surface area (Å²) in [6.07, 6.45) is 8.66. The van der Waals surface area contributed by atoms with Gasteiger partial charge in [-0.25, -0.2) is 4.98 Å². The number of nitrogens with zero attached hydrogens (tertiary/aromatic N) is 2. The molecule has 0 saturated carbocycles. The second kappa shape index (κ2) is 7.63. The maximum Gasteiger partial charge on any atom is 0.271 e. The maximum atomic E-state index is 11.8. The normalized spacial score (nSPS) is 12.1. The molecule has 18 heavy (non-hydrogen) atoms. The van der Waals surface area contributed by atoms with Gasteiger partial charge < -0.3 is 11.1 Å². The van der Waals surface area contributed by atoms with Gasteiger partial charge in [-0.15, -0.1) is 0 Å². The smallest absolute Gasteiger partial charge is 0.271 e. The molecule has 0 bridgehead atoms. The molecule has 5 nitrogen and oxygen atoms in total. The van der Waals surface area contributed by atoms with Crippen LogP contribution in [-0.2, 0) is 0 Å². The summed E-state index contributed by atoms with van der Waals surface area (Å²) in [6.45, 7) is 4.19. The van der Waals surface area contributed by atoms with Crippen LogP contribution in [0.25, 0.3) is 0 Å². The number of amides is 1. The molecular weight excluding hydrogens is 228 g/mol. The lowest BCUT2D eigenvalue weighted by atomic mass is 10.1. The predicted octanol–water partition coefficient (Wildman–Crippen LogP) is 2.15. The van der Waals surface area contributed by atoms with E-state index in [2.05, 4.69) is 22.2 Å². The van der Waals surface area contributed by atoms with E-state index in [1.165, 1.54) is 31.7 Å². The summed E-state index contributed by atoms with van der Waals surface area (Å²) in [7, 11) is 0. The standard InChI is InChI=1S/C13H22N4O/c1-3-4-5-6-7-10(2)16-13(18)11-8-15-9-12(14)17-11/h8-10H,3-7H2,1-2H3,(H2,14,17)(H,16,18). The number of unbranched alkanes of at least 4 members (excludes halogenated alkanes) is 3. The molecule has 0 saturated heterocycles. The van der Waals surface area contributed by atoms with Gasteiger partial charge in [0.05, 0.1) is 12.4 Å². The molecule has 0 aliphatic carbocycles. The topological polar surface area (TPSA) is 80.9 Å². The first-order valence-corrected chi connectivity index (χ1v) is 6.52. The number of nitrogen functional groups attached to an aromatic ring is 1. The van der Waals surface area contributed by atoms with E-state index in [4.69, 9.17) is 5.73 Å². The summed E-state index contributed by atoms with van der Waals surface area (Å²) < 4.78 is 0. The van der Waals surface area contributed by atoms with Gasteiger partial charge >= 0.3 is 0 Å². The van der Waals surface area contributed by atoms with E-state index in [0.717, 1.165) is 12.8 Å². The minimum Gasteiger partial charge on any atom is -0.382 e. The van der Waals surface area contributed by atoms with Crippen LogP contribution in [0, 0.1) is 0 Å². The first-order chi connectivity index (χ1) is 8.63. The quantitative estimate of drug-likeness (QED) is 0.726. The largest absolute Gasteiger partial charge is 0.382 e. The van der Waals surface area contributed by atoms with Crippen LogP contribution in [0.5, 0.6) is 0 Å². The number of aromatic nitrogens is 2. The Hall–Kier alpha value is -1.65. The second-order valence-corrected chi connectivity index (χ2v) is 4.55. The summed E-state index contributed by atoms with van der Waals surface area (Å²) in [5.74, 6) is 0.0519. The lowest BCUT2D eigenvalue weighted by Gasteiger charge is -2.13. The van der Waals surface area contributed by atoms with E-state index in [0.29, 0.717) is 0 Å². The van der Waals surface area contributed by atoms with E-state index < -0.39 is 0 Å². The highest BCUT2D eigenvalue weighted by Gasteiger charge is 2.11. The van der Waals surface area contributed by atoms with Crippen molar-refractivity contribution in [2.45, 2.75) is 52.0 Å². The molecule has 0 aromatic carbocycles. The maximum absolute atomic E-state index is 11.8. The molecule has 0 spiro atoms. The third-order valence-electron chi connectivity index (χ3n) is 2.75. The van der Waals surface area contributed by atoms with Crippen LogP contribution in [0.3, 0.4) is 0 Å². The van der Waals surface area contributed by atoms with E-state index in [9.17, 15) is 4.79 Å². The van der Waals surface area contributed by atoms with Gasteiger partial charge in [-0.2, -0.15) is 0 Å². The van der Waals surface area contributed by atoms with Crippen molar-refractivity contribution in [2.75, 3.05) is 5.73 Å². The predicted molar refractivity (Wildman–Crippen MR) is 72.1 cm³/mol. The molecule has 100 valence electrons. The Balaban J connectivity index is 2.35. The molecule has 1 atom stereocenters. The third kappa shape index (κ3) is 5.12. The highest BCUT2D eigenvalue weighted by Crippen LogP contribution is 2.06. The number of anilines is 1. The van der Waals surface area contributed by atoms with Crippen molar-refractivity contribution in [3.05, 3.63) is 18.1 Å². The van der Waals surface area contributed by atoms with E-state index in [1.54, 1.807) is 0 Å². The molecule has 1 heterocycles. The van der Waals surface area contributed by atoms with Crippen LogP contribution in [0.4, 0.5) is 5.82 Å². The Labute approximate surface area is 108 Å². The SMILES string of the molecule is CCCCCCC(C)NC(=O)c1cncc(N)n1. The van der Waals surface area contributed by atoms with Crippen LogP contribution in [0.2, 0.25) is 0 Å². The zero-order chi connectivity index (χ0) is 13.4. The van der Waals surface area contributed by atoms with Crippen LogP contribution in [0.15, 0.2) is 12.4 Å². The highest BCUT2D eigenvalue weighted by atomic mass is 16.1. The molecule has 1 aromatic heterocycles. The van der Waals surface area contributed by atoms with Gasteiger partial charge in [-0.3, -0.25) is 9.78 Å². The summed E-state index contributed by atoms with van der Waals surface area (Å²) in [4.78, 5) is 19.6. The third-order valence-corrected chi connectivity index (χ3v) is 2.75. The fourth-order valence-electron chi connectivity index (χ4n) is 1.74. The molecular formula is C13H22N4O. The number of nitrogens with one attached hydrogen (secondary N) is 1. The Morgan fingerprint density at radius 3 is 2.83 bits per heavy atom. The van der Waals surface area contributed by atoms with Crippen molar-refractivity contribution < 1.29 is 4.79 Å². The molecule has 0 aliphatic heterocycles.